The van der Waals surface area contributed by atoms with E-state index in [0.717, 1.165) is 33.7 Å². The van der Waals surface area contributed by atoms with Crippen LogP contribution in [0.1, 0.15) is 5.56 Å². The summed E-state index contributed by atoms with van der Waals surface area (Å²) in [5.74, 6) is 0.791. The number of hydrogen-bond donors (Lipinski definition) is 0. The fourth-order valence-electron chi connectivity index (χ4n) is 2.92. The summed E-state index contributed by atoms with van der Waals surface area (Å²) in [6, 6.07) is 12.3. The highest BCUT2D eigenvalue weighted by Crippen LogP contribution is 2.25. The van der Waals surface area contributed by atoms with Crippen molar-refractivity contribution in [3.8, 4) is 16.9 Å². The topological polar surface area (TPSA) is 61.4 Å². The highest BCUT2D eigenvalue weighted by atomic mass is 32.1. The van der Waals surface area contributed by atoms with Crippen molar-refractivity contribution in [3.05, 3.63) is 78.5 Å². The Kier molecular flexibility index (Phi) is 3.57. The van der Waals surface area contributed by atoms with Gasteiger partial charge in [-0.3, -0.25) is 4.68 Å². The molecule has 0 aliphatic heterocycles. The van der Waals surface area contributed by atoms with Crippen molar-refractivity contribution in [1.29, 1.82) is 0 Å². The quantitative estimate of drug-likeness (QED) is 0.490. The molecular formula is C19H14N6S. The van der Waals surface area contributed by atoms with Crippen molar-refractivity contribution in [3.63, 3.8) is 0 Å². The Morgan fingerprint density at radius 3 is 2.65 bits per heavy atom. The van der Waals surface area contributed by atoms with E-state index in [-0.39, 0.29) is 0 Å². The Bertz CT molecular complexity index is 1170. The van der Waals surface area contributed by atoms with Gasteiger partial charge in [0, 0.05) is 23.5 Å². The molecule has 5 aromatic rings. The van der Waals surface area contributed by atoms with Crippen LogP contribution in [-0.2, 0) is 6.54 Å². The van der Waals surface area contributed by atoms with Crippen LogP contribution in [0.4, 0.5) is 0 Å². The van der Waals surface area contributed by atoms with E-state index in [0.29, 0.717) is 0 Å². The Hall–Kier alpha value is -3.32. The first-order chi connectivity index (χ1) is 12.9. The zero-order valence-corrected chi connectivity index (χ0v) is 14.5. The fraction of sp³-hybridized carbons (Fsp3) is 0.0526. The first-order valence-corrected chi connectivity index (χ1v) is 9.05. The van der Waals surface area contributed by atoms with Crippen LogP contribution >= 0.6 is 11.3 Å². The largest absolute Gasteiger partial charge is 0.268 e. The number of hydrogen-bond acceptors (Lipinski definition) is 5. The van der Waals surface area contributed by atoms with Crippen molar-refractivity contribution < 1.29 is 0 Å². The summed E-state index contributed by atoms with van der Waals surface area (Å²) in [6.07, 6.45) is 9.29. The van der Waals surface area contributed by atoms with E-state index in [9.17, 15) is 0 Å². The molecule has 0 saturated heterocycles. The third-order valence-electron chi connectivity index (χ3n) is 4.19. The van der Waals surface area contributed by atoms with Gasteiger partial charge in [-0.1, -0.05) is 30.3 Å². The molecule has 0 unspecified atom stereocenters. The van der Waals surface area contributed by atoms with E-state index in [1.807, 2.05) is 59.1 Å². The van der Waals surface area contributed by atoms with Crippen LogP contribution in [-0.4, -0.2) is 29.5 Å². The lowest BCUT2D eigenvalue weighted by atomic mass is 10.2. The highest BCUT2D eigenvalue weighted by Gasteiger charge is 2.10. The van der Waals surface area contributed by atoms with Crippen LogP contribution in [0.3, 0.4) is 0 Å². The Labute approximate surface area is 153 Å². The lowest BCUT2D eigenvalue weighted by Crippen LogP contribution is -1.99. The summed E-state index contributed by atoms with van der Waals surface area (Å²) < 4.78 is 3.73. The van der Waals surface area contributed by atoms with Crippen molar-refractivity contribution >= 4 is 21.6 Å². The van der Waals surface area contributed by atoms with Gasteiger partial charge in [0.2, 0.25) is 0 Å². The SMILES string of the molecule is c1ccc(Cn2cc(-c3cnn(-c4ncnc5sccc45)c3)cn2)cc1. The summed E-state index contributed by atoms with van der Waals surface area (Å²) >= 11 is 1.60. The Morgan fingerprint density at radius 1 is 0.885 bits per heavy atom. The summed E-state index contributed by atoms with van der Waals surface area (Å²) in [5, 5.41) is 12.0. The molecule has 0 atom stereocenters. The monoisotopic (exact) mass is 358 g/mol. The van der Waals surface area contributed by atoms with Gasteiger partial charge in [-0.25, -0.2) is 14.6 Å². The van der Waals surface area contributed by atoms with Crippen LogP contribution in [0.5, 0.6) is 0 Å². The van der Waals surface area contributed by atoms with Crippen molar-refractivity contribution in [2.75, 3.05) is 0 Å². The van der Waals surface area contributed by atoms with Gasteiger partial charge in [-0.05, 0) is 17.0 Å². The molecule has 1 aromatic carbocycles. The second-order valence-electron chi connectivity index (χ2n) is 5.92. The number of fused-ring (bicyclic) bond motifs is 1. The molecule has 0 aliphatic rings. The predicted molar refractivity (Wildman–Crippen MR) is 101 cm³/mol. The van der Waals surface area contributed by atoms with Gasteiger partial charge in [0.1, 0.15) is 11.2 Å². The smallest absolute Gasteiger partial charge is 0.165 e. The Morgan fingerprint density at radius 2 is 1.73 bits per heavy atom. The van der Waals surface area contributed by atoms with Crippen molar-refractivity contribution in [1.82, 2.24) is 29.5 Å². The van der Waals surface area contributed by atoms with Gasteiger partial charge < -0.3 is 0 Å². The van der Waals surface area contributed by atoms with Gasteiger partial charge in [-0.15, -0.1) is 11.3 Å². The number of nitrogens with zero attached hydrogens (tertiary/aromatic N) is 6. The van der Waals surface area contributed by atoms with Crippen LogP contribution in [0.25, 0.3) is 27.2 Å². The van der Waals surface area contributed by atoms with E-state index in [1.165, 1.54) is 5.56 Å². The zero-order valence-electron chi connectivity index (χ0n) is 13.7. The van der Waals surface area contributed by atoms with Gasteiger partial charge in [0.25, 0.3) is 0 Å². The molecule has 0 aliphatic carbocycles. The molecular weight excluding hydrogens is 344 g/mol. The first-order valence-electron chi connectivity index (χ1n) is 8.17. The van der Waals surface area contributed by atoms with Gasteiger partial charge in [-0.2, -0.15) is 10.2 Å². The molecule has 0 N–H and O–H groups in total. The summed E-state index contributed by atoms with van der Waals surface area (Å²) in [6.45, 7) is 0.746. The Balaban J connectivity index is 1.45. The summed E-state index contributed by atoms with van der Waals surface area (Å²) in [4.78, 5) is 9.64. The maximum Gasteiger partial charge on any atom is 0.165 e. The minimum atomic E-state index is 0.746. The average molecular weight is 358 g/mol. The standard InChI is InChI=1S/C19H14N6S/c1-2-4-14(5-3-1)10-24-11-15(8-22-24)16-9-23-25(12-16)18-17-6-7-26-19(17)21-13-20-18/h1-9,11-13H,10H2. The first kappa shape index (κ1) is 15.0. The minimum Gasteiger partial charge on any atom is -0.268 e. The second kappa shape index (κ2) is 6.20. The zero-order chi connectivity index (χ0) is 17.3. The number of thiophene rings is 1. The second-order valence-corrected chi connectivity index (χ2v) is 6.82. The minimum absolute atomic E-state index is 0.746. The van der Waals surface area contributed by atoms with Gasteiger partial charge >= 0.3 is 0 Å². The molecule has 5 rings (SSSR count). The number of rotatable bonds is 4. The molecule has 4 heterocycles. The summed E-state index contributed by atoms with van der Waals surface area (Å²) in [5.41, 5.74) is 3.26. The number of benzene rings is 1. The molecule has 0 bridgehead atoms. The molecule has 126 valence electrons. The third-order valence-corrected chi connectivity index (χ3v) is 5.02. The maximum atomic E-state index is 4.48. The molecule has 6 nitrogen and oxygen atoms in total. The van der Waals surface area contributed by atoms with Gasteiger partial charge in [0.05, 0.1) is 24.3 Å². The third kappa shape index (κ3) is 2.68. The van der Waals surface area contributed by atoms with Gasteiger partial charge in [0.15, 0.2) is 5.82 Å². The van der Waals surface area contributed by atoms with E-state index in [4.69, 9.17) is 0 Å². The van der Waals surface area contributed by atoms with E-state index in [2.05, 4.69) is 32.3 Å². The van der Waals surface area contributed by atoms with Crippen LogP contribution in [0, 0.1) is 0 Å². The molecule has 0 radical (unpaired) electrons. The predicted octanol–water partition coefficient (Wildman–Crippen LogP) is 3.79. The normalized spacial score (nSPS) is 11.2. The molecule has 0 saturated carbocycles. The molecule has 26 heavy (non-hydrogen) atoms. The lowest BCUT2D eigenvalue weighted by Gasteiger charge is -2.01. The maximum absolute atomic E-state index is 4.48. The lowest BCUT2D eigenvalue weighted by molar-refractivity contribution is 0.687. The number of aromatic nitrogens is 6. The highest BCUT2D eigenvalue weighted by molar-refractivity contribution is 7.16. The fourth-order valence-corrected chi connectivity index (χ4v) is 3.64. The molecule has 0 fully saturated rings. The average Bonchev–Trinajstić information content (AvgIpc) is 3.42. The van der Waals surface area contributed by atoms with Crippen LogP contribution in [0.2, 0.25) is 0 Å². The molecule has 4 aromatic heterocycles. The van der Waals surface area contributed by atoms with Crippen LogP contribution in [0.15, 0.2) is 72.9 Å². The van der Waals surface area contributed by atoms with Crippen LogP contribution < -0.4 is 0 Å². The molecule has 7 heteroatoms. The van der Waals surface area contributed by atoms with E-state index in [1.54, 1.807) is 22.3 Å². The van der Waals surface area contributed by atoms with E-state index >= 15 is 0 Å². The van der Waals surface area contributed by atoms with Crippen molar-refractivity contribution in [2.24, 2.45) is 0 Å². The molecule has 0 amide bonds. The van der Waals surface area contributed by atoms with Crippen molar-refractivity contribution in [2.45, 2.75) is 6.54 Å². The summed E-state index contributed by atoms with van der Waals surface area (Å²) in [7, 11) is 0. The molecule has 0 spiro atoms. The van der Waals surface area contributed by atoms with E-state index < -0.39 is 0 Å².